The number of amides is 1. The monoisotopic (exact) mass is 351 g/mol. The van der Waals surface area contributed by atoms with Gasteiger partial charge in [-0.3, -0.25) is 9.59 Å². The molecule has 1 amide bonds. The third-order valence-electron chi connectivity index (χ3n) is 3.91. The van der Waals surface area contributed by atoms with Crippen molar-refractivity contribution >= 4 is 16.8 Å². The third kappa shape index (κ3) is 4.92. The van der Waals surface area contributed by atoms with E-state index >= 15 is 0 Å². The van der Waals surface area contributed by atoms with Crippen LogP contribution >= 0.6 is 0 Å². The molecule has 3 rings (SSSR count). The molecule has 0 unspecified atom stereocenters. The van der Waals surface area contributed by atoms with E-state index in [-0.39, 0.29) is 17.9 Å². The van der Waals surface area contributed by atoms with E-state index < -0.39 is 0 Å². The van der Waals surface area contributed by atoms with E-state index in [1.54, 1.807) is 18.2 Å². The van der Waals surface area contributed by atoms with Crippen molar-refractivity contribution in [3.8, 4) is 5.75 Å². The highest BCUT2D eigenvalue weighted by atomic mass is 16.5. The molecule has 0 radical (unpaired) electrons. The minimum absolute atomic E-state index is 0.0690. The lowest BCUT2D eigenvalue weighted by Crippen LogP contribution is -2.26. The molecule has 0 fully saturated rings. The van der Waals surface area contributed by atoms with Crippen molar-refractivity contribution in [2.75, 3.05) is 13.2 Å². The highest BCUT2D eigenvalue weighted by Crippen LogP contribution is 2.08. The van der Waals surface area contributed by atoms with Gasteiger partial charge in [0, 0.05) is 19.4 Å². The van der Waals surface area contributed by atoms with Crippen LogP contribution in [0, 0.1) is 0 Å². The first kappa shape index (κ1) is 17.7. The van der Waals surface area contributed by atoms with E-state index in [1.165, 1.54) is 0 Å². The Balaban J connectivity index is 1.39. The molecule has 0 saturated heterocycles. The molecule has 0 saturated carbocycles. The summed E-state index contributed by atoms with van der Waals surface area (Å²) in [6, 6.07) is 16.7. The number of nitrogens with zero attached hydrogens (tertiary/aromatic N) is 1. The fraction of sp³-hybridized carbons (Fsp3) is 0.250. The van der Waals surface area contributed by atoms with Crippen LogP contribution in [0.15, 0.2) is 59.4 Å². The van der Waals surface area contributed by atoms with Crippen molar-refractivity contribution in [3.05, 3.63) is 70.8 Å². The Morgan fingerprint density at radius 3 is 2.69 bits per heavy atom. The Bertz CT molecular complexity index is 922. The maximum atomic E-state index is 12.0. The van der Waals surface area contributed by atoms with E-state index in [1.807, 2.05) is 36.4 Å². The normalized spacial score (nSPS) is 10.6. The van der Waals surface area contributed by atoms with Gasteiger partial charge in [0.2, 0.25) is 5.91 Å². The van der Waals surface area contributed by atoms with Crippen molar-refractivity contribution in [2.24, 2.45) is 0 Å². The summed E-state index contributed by atoms with van der Waals surface area (Å²) in [7, 11) is 0. The minimum Gasteiger partial charge on any atom is -0.494 e. The first-order valence-electron chi connectivity index (χ1n) is 8.65. The molecule has 3 aromatic rings. The summed E-state index contributed by atoms with van der Waals surface area (Å²) in [6.07, 6.45) is 1.40. The maximum Gasteiger partial charge on any atom is 0.258 e. The molecule has 0 bridgehead atoms. The van der Waals surface area contributed by atoms with Crippen molar-refractivity contribution in [2.45, 2.75) is 19.3 Å². The molecule has 0 atom stereocenters. The topological polar surface area (TPSA) is 84.1 Å². The first-order chi connectivity index (χ1) is 12.7. The summed E-state index contributed by atoms with van der Waals surface area (Å²) in [6.45, 7) is 1.09. The molecule has 6 heteroatoms. The molecule has 1 heterocycles. The third-order valence-corrected chi connectivity index (χ3v) is 3.91. The van der Waals surface area contributed by atoms with Crippen LogP contribution in [0.25, 0.3) is 10.9 Å². The van der Waals surface area contributed by atoms with Gasteiger partial charge < -0.3 is 15.0 Å². The molecular weight excluding hydrogens is 330 g/mol. The Kier molecular flexibility index (Phi) is 5.98. The predicted molar refractivity (Wildman–Crippen MR) is 100 cm³/mol. The second-order valence-corrected chi connectivity index (χ2v) is 5.89. The van der Waals surface area contributed by atoms with Gasteiger partial charge in [-0.1, -0.05) is 30.3 Å². The van der Waals surface area contributed by atoms with Gasteiger partial charge in [0.25, 0.3) is 5.56 Å². The molecule has 26 heavy (non-hydrogen) atoms. The van der Waals surface area contributed by atoms with E-state index in [9.17, 15) is 9.59 Å². The second kappa shape index (κ2) is 8.80. The van der Waals surface area contributed by atoms with Gasteiger partial charge in [-0.05, 0) is 30.7 Å². The van der Waals surface area contributed by atoms with Crippen LogP contribution in [0.1, 0.15) is 18.7 Å². The number of aryl methyl sites for hydroxylation is 1. The number of carbonyl (C=O) groups is 1. The number of hydrogen-bond donors (Lipinski definition) is 2. The molecule has 6 nitrogen and oxygen atoms in total. The number of aromatic amines is 1. The Morgan fingerprint density at radius 1 is 1.08 bits per heavy atom. The lowest BCUT2D eigenvalue weighted by atomic mass is 10.2. The summed E-state index contributed by atoms with van der Waals surface area (Å²) < 4.78 is 5.57. The number of para-hydroxylation sites is 2. The number of aromatic nitrogens is 2. The van der Waals surface area contributed by atoms with Gasteiger partial charge in [-0.2, -0.15) is 0 Å². The Morgan fingerprint density at radius 2 is 1.85 bits per heavy atom. The van der Waals surface area contributed by atoms with Gasteiger partial charge in [0.15, 0.2) is 0 Å². The number of nitrogens with one attached hydrogen (secondary N) is 2. The average molecular weight is 351 g/mol. The van der Waals surface area contributed by atoms with Crippen LogP contribution in [0.4, 0.5) is 0 Å². The van der Waals surface area contributed by atoms with Crippen LogP contribution in [0.2, 0.25) is 0 Å². The maximum absolute atomic E-state index is 12.0. The molecule has 0 aliphatic heterocycles. The molecule has 0 spiro atoms. The number of H-pyrrole nitrogens is 1. The average Bonchev–Trinajstić information content (AvgIpc) is 2.67. The zero-order valence-corrected chi connectivity index (χ0v) is 14.4. The van der Waals surface area contributed by atoms with Crippen LogP contribution in [0.3, 0.4) is 0 Å². The fourth-order valence-corrected chi connectivity index (χ4v) is 2.58. The number of benzene rings is 2. The summed E-state index contributed by atoms with van der Waals surface area (Å²) >= 11 is 0. The van der Waals surface area contributed by atoms with Crippen molar-refractivity contribution < 1.29 is 9.53 Å². The van der Waals surface area contributed by atoms with E-state index in [2.05, 4.69) is 15.3 Å². The largest absolute Gasteiger partial charge is 0.494 e. The van der Waals surface area contributed by atoms with Crippen molar-refractivity contribution in [1.29, 1.82) is 0 Å². The van der Waals surface area contributed by atoms with Gasteiger partial charge in [0.1, 0.15) is 11.6 Å². The van der Waals surface area contributed by atoms with E-state index in [4.69, 9.17) is 4.74 Å². The van der Waals surface area contributed by atoms with E-state index in [0.29, 0.717) is 36.3 Å². The van der Waals surface area contributed by atoms with Crippen LogP contribution in [-0.4, -0.2) is 29.0 Å². The van der Waals surface area contributed by atoms with Crippen molar-refractivity contribution in [3.63, 3.8) is 0 Å². The SMILES string of the molecule is O=C(CCc1nc2ccccc2c(=O)[nH]1)NCCCOc1ccccc1. The smallest absolute Gasteiger partial charge is 0.258 e. The first-order valence-corrected chi connectivity index (χ1v) is 8.65. The standard InChI is InChI=1S/C20H21N3O3/c24-19(21-13-6-14-26-15-7-2-1-3-8-15)12-11-18-22-17-10-5-4-9-16(17)20(25)23-18/h1-5,7-10H,6,11-14H2,(H,21,24)(H,22,23,25). The zero-order valence-electron chi connectivity index (χ0n) is 14.4. The molecule has 0 aliphatic carbocycles. The Labute approximate surface area is 151 Å². The van der Waals surface area contributed by atoms with Gasteiger partial charge in [0.05, 0.1) is 17.5 Å². The zero-order chi connectivity index (χ0) is 18.2. The van der Waals surface area contributed by atoms with Crippen molar-refractivity contribution in [1.82, 2.24) is 15.3 Å². The van der Waals surface area contributed by atoms with Gasteiger partial charge in [-0.25, -0.2) is 4.98 Å². The predicted octanol–water partition coefficient (Wildman–Crippen LogP) is 2.44. The molecule has 2 aromatic carbocycles. The lowest BCUT2D eigenvalue weighted by Gasteiger charge is -2.07. The summed E-state index contributed by atoms with van der Waals surface area (Å²) in [4.78, 5) is 31.1. The van der Waals surface area contributed by atoms with Gasteiger partial charge in [-0.15, -0.1) is 0 Å². The highest BCUT2D eigenvalue weighted by molar-refractivity contribution is 5.78. The van der Waals surface area contributed by atoms with E-state index in [0.717, 1.165) is 12.2 Å². The minimum atomic E-state index is -0.177. The van der Waals surface area contributed by atoms with Crippen LogP contribution < -0.4 is 15.6 Å². The number of carbonyl (C=O) groups excluding carboxylic acids is 1. The molecule has 1 aromatic heterocycles. The molecular formula is C20H21N3O3. The molecule has 134 valence electrons. The van der Waals surface area contributed by atoms with Crippen LogP contribution in [-0.2, 0) is 11.2 Å². The summed E-state index contributed by atoms with van der Waals surface area (Å²) in [5.41, 5.74) is 0.466. The highest BCUT2D eigenvalue weighted by Gasteiger charge is 2.06. The lowest BCUT2D eigenvalue weighted by molar-refractivity contribution is -0.121. The number of fused-ring (bicyclic) bond motifs is 1. The summed E-state index contributed by atoms with van der Waals surface area (Å²) in [5, 5.41) is 3.41. The summed E-state index contributed by atoms with van der Waals surface area (Å²) in [5.74, 6) is 1.28. The van der Waals surface area contributed by atoms with Gasteiger partial charge >= 0.3 is 0 Å². The Hall–Kier alpha value is -3.15. The number of hydrogen-bond acceptors (Lipinski definition) is 4. The number of ether oxygens (including phenoxy) is 1. The van der Waals surface area contributed by atoms with Crippen LogP contribution in [0.5, 0.6) is 5.75 Å². The second-order valence-electron chi connectivity index (χ2n) is 5.89. The number of rotatable bonds is 8. The molecule has 2 N–H and O–H groups in total. The fourth-order valence-electron chi connectivity index (χ4n) is 2.58. The molecule has 0 aliphatic rings. The quantitative estimate of drug-likeness (QED) is 0.611.